The van der Waals surface area contributed by atoms with Crippen LogP contribution in [0.2, 0.25) is 0 Å². The van der Waals surface area contributed by atoms with Gasteiger partial charge in [0, 0.05) is 12.7 Å². The Morgan fingerprint density at radius 3 is 2.84 bits per heavy atom. The van der Waals surface area contributed by atoms with E-state index in [0.717, 1.165) is 13.0 Å². The van der Waals surface area contributed by atoms with E-state index in [-0.39, 0.29) is 0 Å². The minimum absolute atomic E-state index is 0.474. The molecule has 0 aliphatic rings. The van der Waals surface area contributed by atoms with Crippen molar-refractivity contribution in [3.8, 4) is 6.07 Å². The van der Waals surface area contributed by atoms with Crippen LogP contribution in [-0.2, 0) is 6.42 Å². The van der Waals surface area contributed by atoms with Crippen LogP contribution in [-0.4, -0.2) is 11.5 Å². The van der Waals surface area contributed by atoms with Crippen LogP contribution in [0.5, 0.6) is 0 Å². The molecule has 0 spiro atoms. The SMILES string of the molecule is Cc1ccccc1CCNc1ncc(C#N)cc1N. The third kappa shape index (κ3) is 3.23. The van der Waals surface area contributed by atoms with E-state index in [1.165, 1.54) is 17.3 Å². The second-order valence-electron chi connectivity index (χ2n) is 4.38. The van der Waals surface area contributed by atoms with E-state index in [0.29, 0.717) is 17.1 Å². The summed E-state index contributed by atoms with van der Waals surface area (Å²) in [6, 6.07) is 11.9. The number of nitrogens with two attached hydrogens (primary N) is 1. The first kappa shape index (κ1) is 12.9. The molecule has 2 aromatic rings. The van der Waals surface area contributed by atoms with Gasteiger partial charge in [-0.25, -0.2) is 4.98 Å². The Labute approximate surface area is 112 Å². The number of nitrogen functional groups attached to an aromatic ring is 1. The van der Waals surface area contributed by atoms with E-state index in [1.54, 1.807) is 6.07 Å². The first-order valence-electron chi connectivity index (χ1n) is 6.14. The maximum atomic E-state index is 8.74. The molecule has 19 heavy (non-hydrogen) atoms. The molecule has 0 aliphatic heterocycles. The van der Waals surface area contributed by atoms with E-state index in [9.17, 15) is 0 Å². The predicted octanol–water partition coefficient (Wildman–Crippen LogP) is 2.50. The van der Waals surface area contributed by atoms with Gasteiger partial charge in [0.05, 0.1) is 11.3 Å². The molecule has 0 radical (unpaired) electrons. The van der Waals surface area contributed by atoms with Crippen molar-refractivity contribution in [2.24, 2.45) is 0 Å². The fraction of sp³-hybridized carbons (Fsp3) is 0.200. The van der Waals surface area contributed by atoms with Crippen molar-refractivity contribution >= 4 is 11.5 Å². The van der Waals surface area contributed by atoms with Gasteiger partial charge in [-0.1, -0.05) is 24.3 Å². The zero-order valence-electron chi connectivity index (χ0n) is 10.9. The van der Waals surface area contributed by atoms with Crippen molar-refractivity contribution < 1.29 is 0 Å². The van der Waals surface area contributed by atoms with Gasteiger partial charge < -0.3 is 11.1 Å². The van der Waals surface area contributed by atoms with Gasteiger partial charge >= 0.3 is 0 Å². The summed E-state index contributed by atoms with van der Waals surface area (Å²) in [4.78, 5) is 4.14. The number of hydrogen-bond donors (Lipinski definition) is 2. The first-order chi connectivity index (χ1) is 9.20. The molecule has 0 unspecified atom stereocenters. The monoisotopic (exact) mass is 252 g/mol. The molecule has 0 bridgehead atoms. The molecule has 0 fully saturated rings. The van der Waals surface area contributed by atoms with E-state index < -0.39 is 0 Å². The second kappa shape index (κ2) is 5.87. The number of nitrogens with one attached hydrogen (secondary N) is 1. The third-order valence-corrected chi connectivity index (χ3v) is 2.99. The van der Waals surface area contributed by atoms with Gasteiger partial charge in [-0.2, -0.15) is 5.26 Å². The largest absolute Gasteiger partial charge is 0.396 e. The Kier molecular flexibility index (Phi) is 3.99. The smallest absolute Gasteiger partial charge is 0.149 e. The van der Waals surface area contributed by atoms with Crippen LogP contribution in [0.25, 0.3) is 0 Å². The lowest BCUT2D eigenvalue weighted by Crippen LogP contribution is -2.09. The van der Waals surface area contributed by atoms with Gasteiger partial charge in [0.15, 0.2) is 0 Å². The lowest BCUT2D eigenvalue weighted by molar-refractivity contribution is 0.994. The van der Waals surface area contributed by atoms with Crippen molar-refractivity contribution in [3.63, 3.8) is 0 Å². The number of nitrogens with zero attached hydrogens (tertiary/aromatic N) is 2. The maximum Gasteiger partial charge on any atom is 0.149 e. The van der Waals surface area contributed by atoms with E-state index in [2.05, 4.69) is 29.4 Å². The molecule has 0 amide bonds. The van der Waals surface area contributed by atoms with Crippen LogP contribution in [0.3, 0.4) is 0 Å². The van der Waals surface area contributed by atoms with Gasteiger partial charge in [-0.05, 0) is 30.5 Å². The van der Waals surface area contributed by atoms with Crippen LogP contribution in [0, 0.1) is 18.3 Å². The maximum absolute atomic E-state index is 8.74. The molecule has 3 N–H and O–H groups in total. The molecule has 96 valence electrons. The number of aryl methyl sites for hydroxylation is 1. The molecule has 0 aliphatic carbocycles. The highest BCUT2D eigenvalue weighted by atomic mass is 15.0. The zero-order valence-corrected chi connectivity index (χ0v) is 10.9. The molecule has 1 aromatic carbocycles. The molecule has 0 atom stereocenters. The number of nitriles is 1. The van der Waals surface area contributed by atoms with Crippen LogP contribution in [0.1, 0.15) is 16.7 Å². The molecule has 1 aromatic heterocycles. The normalized spacial score (nSPS) is 9.89. The standard InChI is InChI=1S/C15H16N4/c1-11-4-2-3-5-13(11)6-7-18-15-14(17)8-12(9-16)10-19-15/h2-5,8,10H,6-7,17H2,1H3,(H,18,19). The van der Waals surface area contributed by atoms with Gasteiger partial charge in [-0.15, -0.1) is 0 Å². The summed E-state index contributed by atoms with van der Waals surface area (Å²) in [5.41, 5.74) is 9.40. The molecule has 0 saturated carbocycles. The second-order valence-corrected chi connectivity index (χ2v) is 4.38. The molecular weight excluding hydrogens is 236 g/mol. The highest BCUT2D eigenvalue weighted by Gasteiger charge is 2.02. The molecule has 0 saturated heterocycles. The fourth-order valence-electron chi connectivity index (χ4n) is 1.90. The summed E-state index contributed by atoms with van der Waals surface area (Å²) < 4.78 is 0. The minimum atomic E-state index is 0.474. The molecule has 2 rings (SSSR count). The van der Waals surface area contributed by atoms with E-state index in [4.69, 9.17) is 11.0 Å². The van der Waals surface area contributed by atoms with Crippen LogP contribution in [0.15, 0.2) is 36.5 Å². The van der Waals surface area contributed by atoms with Gasteiger partial charge in [0.1, 0.15) is 11.9 Å². The Morgan fingerprint density at radius 1 is 1.37 bits per heavy atom. The topological polar surface area (TPSA) is 74.7 Å². The fourth-order valence-corrected chi connectivity index (χ4v) is 1.90. The van der Waals surface area contributed by atoms with Crippen LogP contribution in [0.4, 0.5) is 11.5 Å². The van der Waals surface area contributed by atoms with Crippen molar-refractivity contribution in [2.45, 2.75) is 13.3 Å². The quantitative estimate of drug-likeness (QED) is 0.876. The average Bonchev–Trinajstić information content (AvgIpc) is 2.42. The van der Waals surface area contributed by atoms with Gasteiger partial charge in [0.25, 0.3) is 0 Å². The van der Waals surface area contributed by atoms with E-state index >= 15 is 0 Å². The molecule has 1 heterocycles. The summed E-state index contributed by atoms with van der Waals surface area (Å²) >= 11 is 0. The Bertz CT molecular complexity index is 614. The van der Waals surface area contributed by atoms with Crippen LogP contribution < -0.4 is 11.1 Å². The Hall–Kier alpha value is -2.54. The van der Waals surface area contributed by atoms with Crippen LogP contribution >= 0.6 is 0 Å². The number of pyridine rings is 1. The lowest BCUT2D eigenvalue weighted by atomic mass is 10.1. The van der Waals surface area contributed by atoms with Crippen molar-refractivity contribution in [3.05, 3.63) is 53.2 Å². The number of hydrogen-bond acceptors (Lipinski definition) is 4. The summed E-state index contributed by atoms with van der Waals surface area (Å²) in [5.74, 6) is 0.632. The summed E-state index contributed by atoms with van der Waals surface area (Å²) in [5, 5.41) is 11.9. The van der Waals surface area contributed by atoms with Gasteiger partial charge in [-0.3, -0.25) is 0 Å². The van der Waals surface area contributed by atoms with E-state index in [1.807, 2.05) is 18.2 Å². The molecular formula is C15H16N4. The van der Waals surface area contributed by atoms with Crippen molar-refractivity contribution in [2.75, 3.05) is 17.6 Å². The van der Waals surface area contributed by atoms with Crippen molar-refractivity contribution in [1.29, 1.82) is 5.26 Å². The zero-order chi connectivity index (χ0) is 13.7. The third-order valence-electron chi connectivity index (χ3n) is 2.99. The summed E-state index contributed by atoms with van der Waals surface area (Å²) in [6.07, 6.45) is 2.43. The highest BCUT2D eigenvalue weighted by molar-refractivity contribution is 5.63. The minimum Gasteiger partial charge on any atom is -0.396 e. The summed E-state index contributed by atoms with van der Waals surface area (Å²) in [6.45, 7) is 2.86. The highest BCUT2D eigenvalue weighted by Crippen LogP contribution is 2.16. The Balaban J connectivity index is 1.97. The summed E-state index contributed by atoms with van der Waals surface area (Å²) in [7, 11) is 0. The number of aromatic nitrogens is 1. The van der Waals surface area contributed by atoms with Gasteiger partial charge in [0.2, 0.25) is 0 Å². The molecule has 4 heteroatoms. The van der Waals surface area contributed by atoms with Crippen molar-refractivity contribution in [1.82, 2.24) is 4.98 Å². The first-order valence-corrected chi connectivity index (χ1v) is 6.14. The predicted molar refractivity (Wildman–Crippen MR) is 76.7 cm³/mol. The number of anilines is 2. The number of rotatable bonds is 4. The lowest BCUT2D eigenvalue weighted by Gasteiger charge is -2.09. The molecule has 4 nitrogen and oxygen atoms in total. The Morgan fingerprint density at radius 2 is 2.16 bits per heavy atom. The number of benzene rings is 1. The average molecular weight is 252 g/mol.